The Morgan fingerprint density at radius 3 is 2.53 bits per heavy atom. The Hall–Kier alpha value is -1.03. The lowest BCUT2D eigenvalue weighted by molar-refractivity contribution is 0.231. The zero-order valence-corrected chi connectivity index (χ0v) is 13.2. The van der Waals surface area contributed by atoms with Crippen molar-refractivity contribution in [3.8, 4) is 5.88 Å². The second kappa shape index (κ2) is 6.94. The number of hydrogen-bond acceptors (Lipinski definition) is 4. The van der Waals surface area contributed by atoms with E-state index in [1.54, 1.807) is 12.4 Å². The predicted octanol–water partition coefficient (Wildman–Crippen LogP) is 3.72. The number of nitrogens with one attached hydrogen (secondary N) is 1. The van der Waals surface area contributed by atoms with Gasteiger partial charge in [0.1, 0.15) is 5.82 Å². The lowest BCUT2D eigenvalue weighted by Gasteiger charge is -2.31. The average Bonchev–Trinajstić information content (AvgIpc) is 2.26. The summed E-state index contributed by atoms with van der Waals surface area (Å²) in [7, 11) is 0. The van der Waals surface area contributed by atoms with Crippen LogP contribution in [0.25, 0.3) is 0 Å². The van der Waals surface area contributed by atoms with Crippen LogP contribution < -0.4 is 10.1 Å². The molecule has 1 aromatic heterocycles. The minimum Gasteiger partial charge on any atom is -0.474 e. The molecular weight excluding hydrogens is 262 g/mol. The first kappa shape index (κ1) is 16.0. The van der Waals surface area contributed by atoms with Gasteiger partial charge in [0.05, 0.1) is 18.5 Å². The maximum Gasteiger partial charge on any atom is 0.234 e. The molecule has 0 spiro atoms. The van der Waals surface area contributed by atoms with Crippen LogP contribution in [-0.2, 0) is 0 Å². The van der Waals surface area contributed by atoms with Crippen molar-refractivity contribution in [3.05, 3.63) is 12.4 Å². The Balaban J connectivity index is 2.79. The molecule has 0 aromatic carbocycles. The van der Waals surface area contributed by atoms with E-state index in [0.29, 0.717) is 11.8 Å². The van der Waals surface area contributed by atoms with Gasteiger partial charge in [-0.25, -0.2) is 0 Å². The molecule has 0 fully saturated rings. The van der Waals surface area contributed by atoms with E-state index in [1.165, 1.54) is 0 Å². The van der Waals surface area contributed by atoms with Gasteiger partial charge < -0.3 is 10.1 Å². The highest BCUT2D eigenvalue weighted by Crippen LogP contribution is 2.25. The van der Waals surface area contributed by atoms with Crippen LogP contribution in [0.3, 0.4) is 0 Å². The van der Waals surface area contributed by atoms with Crippen LogP contribution in [0.1, 0.15) is 41.0 Å². The maximum absolute atomic E-state index is 5.87. The van der Waals surface area contributed by atoms with Crippen molar-refractivity contribution >= 4 is 17.4 Å². The molecule has 1 rings (SSSR count). The van der Waals surface area contributed by atoms with E-state index < -0.39 is 0 Å². The van der Waals surface area contributed by atoms with Crippen molar-refractivity contribution in [1.29, 1.82) is 0 Å². The van der Waals surface area contributed by atoms with Crippen molar-refractivity contribution in [2.45, 2.75) is 53.2 Å². The van der Waals surface area contributed by atoms with Gasteiger partial charge in [-0.2, -0.15) is 4.98 Å². The third-order valence-electron chi connectivity index (χ3n) is 2.73. The van der Waals surface area contributed by atoms with E-state index in [-0.39, 0.29) is 17.6 Å². The zero-order valence-electron chi connectivity index (χ0n) is 12.4. The van der Waals surface area contributed by atoms with Crippen molar-refractivity contribution in [2.75, 3.05) is 11.2 Å². The van der Waals surface area contributed by atoms with Gasteiger partial charge >= 0.3 is 0 Å². The molecule has 19 heavy (non-hydrogen) atoms. The quantitative estimate of drug-likeness (QED) is 0.809. The zero-order chi connectivity index (χ0) is 14.5. The third-order valence-corrected chi connectivity index (χ3v) is 2.95. The molecule has 0 amide bonds. The first-order chi connectivity index (χ1) is 8.82. The predicted molar refractivity (Wildman–Crippen MR) is 80.0 cm³/mol. The van der Waals surface area contributed by atoms with Gasteiger partial charge in [0.25, 0.3) is 0 Å². The fourth-order valence-electron chi connectivity index (χ4n) is 1.73. The van der Waals surface area contributed by atoms with Crippen LogP contribution in [0.5, 0.6) is 5.88 Å². The van der Waals surface area contributed by atoms with E-state index in [2.05, 4.69) is 36.1 Å². The molecule has 1 heterocycles. The highest BCUT2D eigenvalue weighted by molar-refractivity contribution is 6.17. The molecule has 1 aromatic rings. The van der Waals surface area contributed by atoms with Crippen molar-refractivity contribution in [3.63, 3.8) is 0 Å². The molecule has 108 valence electrons. The van der Waals surface area contributed by atoms with Gasteiger partial charge in [-0.05, 0) is 25.7 Å². The molecule has 1 atom stereocenters. The summed E-state index contributed by atoms with van der Waals surface area (Å²) in [6.45, 7) is 10.5. The average molecular weight is 286 g/mol. The fraction of sp³-hybridized carbons (Fsp3) is 0.714. The van der Waals surface area contributed by atoms with Gasteiger partial charge in [-0.15, -0.1) is 11.6 Å². The second-order valence-corrected chi connectivity index (χ2v) is 6.33. The van der Waals surface area contributed by atoms with Gasteiger partial charge in [0, 0.05) is 11.9 Å². The first-order valence-electron chi connectivity index (χ1n) is 6.64. The summed E-state index contributed by atoms with van der Waals surface area (Å²) in [5, 5.41) is 3.40. The lowest BCUT2D eigenvalue weighted by Crippen LogP contribution is -2.34. The molecule has 0 saturated carbocycles. The topological polar surface area (TPSA) is 47.0 Å². The van der Waals surface area contributed by atoms with Gasteiger partial charge in [0.15, 0.2) is 0 Å². The van der Waals surface area contributed by atoms with E-state index in [9.17, 15) is 0 Å². The number of rotatable bonds is 6. The fourth-order valence-corrected chi connectivity index (χ4v) is 1.94. The standard InChI is InChI=1S/C14H24ClN3O/c1-10(2)19-13-9-16-8-12(18-13)17-11(6-7-15)14(3,4)5/h8-11H,6-7H2,1-5H3,(H,17,18). The summed E-state index contributed by atoms with van der Waals surface area (Å²) in [6, 6.07) is 0.244. The minimum absolute atomic E-state index is 0.0887. The Bertz CT molecular complexity index is 391. The number of halogens is 1. The highest BCUT2D eigenvalue weighted by atomic mass is 35.5. The smallest absolute Gasteiger partial charge is 0.234 e. The highest BCUT2D eigenvalue weighted by Gasteiger charge is 2.24. The minimum atomic E-state index is 0.0887. The van der Waals surface area contributed by atoms with Crippen LogP contribution >= 0.6 is 11.6 Å². The van der Waals surface area contributed by atoms with Crippen LogP contribution in [-0.4, -0.2) is 28.0 Å². The number of ether oxygens (including phenoxy) is 1. The largest absolute Gasteiger partial charge is 0.474 e. The molecule has 0 radical (unpaired) electrons. The lowest BCUT2D eigenvalue weighted by atomic mass is 9.85. The third kappa shape index (κ3) is 5.64. The van der Waals surface area contributed by atoms with E-state index in [1.807, 2.05) is 13.8 Å². The first-order valence-corrected chi connectivity index (χ1v) is 7.17. The summed E-state index contributed by atoms with van der Waals surface area (Å²) in [5.74, 6) is 1.88. The number of alkyl halides is 1. The summed E-state index contributed by atoms with van der Waals surface area (Å²) < 4.78 is 5.54. The Morgan fingerprint density at radius 1 is 1.32 bits per heavy atom. The monoisotopic (exact) mass is 285 g/mol. The van der Waals surface area contributed by atoms with Gasteiger partial charge in [-0.3, -0.25) is 4.98 Å². The molecule has 4 nitrogen and oxygen atoms in total. The number of aromatic nitrogens is 2. The Morgan fingerprint density at radius 2 is 2.00 bits per heavy atom. The Kier molecular flexibility index (Phi) is 5.85. The number of nitrogens with zero attached hydrogens (tertiary/aromatic N) is 2. The van der Waals surface area contributed by atoms with Crippen LogP contribution in [0.2, 0.25) is 0 Å². The second-order valence-electron chi connectivity index (χ2n) is 5.95. The summed E-state index contributed by atoms with van der Waals surface area (Å²) >= 11 is 5.87. The summed E-state index contributed by atoms with van der Waals surface area (Å²) in [5.41, 5.74) is 0.103. The molecular formula is C14H24ClN3O. The molecule has 0 bridgehead atoms. The van der Waals surface area contributed by atoms with Crippen LogP contribution in [0, 0.1) is 5.41 Å². The molecule has 0 saturated heterocycles. The molecule has 0 aliphatic heterocycles. The van der Waals surface area contributed by atoms with Gasteiger partial charge in [-0.1, -0.05) is 20.8 Å². The molecule has 1 N–H and O–H groups in total. The Labute approximate surface area is 120 Å². The summed E-state index contributed by atoms with van der Waals surface area (Å²) in [6.07, 6.45) is 4.30. The van der Waals surface area contributed by atoms with Crippen LogP contribution in [0.15, 0.2) is 12.4 Å². The van der Waals surface area contributed by atoms with Crippen molar-refractivity contribution < 1.29 is 4.74 Å². The van der Waals surface area contributed by atoms with E-state index in [0.717, 1.165) is 12.2 Å². The van der Waals surface area contributed by atoms with Crippen molar-refractivity contribution in [1.82, 2.24) is 9.97 Å². The molecule has 1 unspecified atom stereocenters. The normalized spacial score (nSPS) is 13.4. The van der Waals surface area contributed by atoms with E-state index >= 15 is 0 Å². The van der Waals surface area contributed by atoms with Crippen molar-refractivity contribution in [2.24, 2.45) is 5.41 Å². The number of anilines is 1. The molecule has 0 aliphatic rings. The summed E-state index contributed by atoms with van der Waals surface area (Å²) in [4.78, 5) is 8.56. The van der Waals surface area contributed by atoms with Gasteiger partial charge in [0.2, 0.25) is 5.88 Å². The van der Waals surface area contributed by atoms with Crippen LogP contribution in [0.4, 0.5) is 5.82 Å². The van der Waals surface area contributed by atoms with E-state index in [4.69, 9.17) is 16.3 Å². The number of hydrogen-bond donors (Lipinski definition) is 1. The SMILES string of the molecule is CC(C)Oc1cncc(NC(CCCl)C(C)(C)C)n1. The maximum atomic E-state index is 5.87. The molecule has 5 heteroatoms. The molecule has 0 aliphatic carbocycles.